The third kappa shape index (κ3) is 2.16. The van der Waals surface area contributed by atoms with Crippen molar-refractivity contribution >= 4 is 54.1 Å². The maximum Gasteiger partial charge on any atom is 0.234 e. The number of carbonyl (C=O) groups excluding carboxylic acids is 1. The Labute approximate surface area is 81.8 Å². The number of sulfone groups is 1. The summed E-state index contributed by atoms with van der Waals surface area (Å²) in [7, 11) is -3.35. The van der Waals surface area contributed by atoms with Crippen LogP contribution in [0.5, 0.6) is 0 Å². The van der Waals surface area contributed by atoms with Crippen LogP contribution >= 0.6 is 38.5 Å². The van der Waals surface area contributed by atoms with E-state index in [2.05, 4.69) is 15.9 Å². The van der Waals surface area contributed by atoms with Gasteiger partial charge in [0.2, 0.25) is 1.66 Å². The summed E-state index contributed by atoms with van der Waals surface area (Å²) in [6.07, 6.45) is 1.01. The lowest BCUT2D eigenvalue weighted by Crippen LogP contribution is -2.31. The monoisotopic (exact) mass is 340 g/mol. The van der Waals surface area contributed by atoms with Gasteiger partial charge < -0.3 is 0 Å². The number of hydrogen-bond acceptors (Lipinski definition) is 3. The van der Waals surface area contributed by atoms with Gasteiger partial charge >= 0.3 is 0 Å². The number of Topliss-reactive ketones (excluding diaryl/α,β-unsaturated/α-hetero) is 1. The molecule has 0 rings (SSSR count). The van der Waals surface area contributed by atoms with Gasteiger partial charge in [-0.25, -0.2) is 8.42 Å². The Balaban J connectivity index is 4.95. The molecular weight excluding hydrogens is 335 g/mol. The summed E-state index contributed by atoms with van der Waals surface area (Å²) >= 11 is 4.37. The molecule has 60 valence electrons. The molecule has 1 atom stereocenters. The third-order valence-corrected chi connectivity index (χ3v) is 7.58. The van der Waals surface area contributed by atoms with E-state index >= 15 is 0 Å². The summed E-state index contributed by atoms with van der Waals surface area (Å²) in [4.78, 5) is 10.7. The van der Waals surface area contributed by atoms with Crippen LogP contribution in [0.4, 0.5) is 0 Å². The van der Waals surface area contributed by atoms with E-state index in [1.807, 2.05) is 0 Å². The van der Waals surface area contributed by atoms with Crippen molar-refractivity contribution in [3.05, 3.63) is 0 Å². The molecule has 3 nitrogen and oxygen atoms in total. The number of alkyl halides is 2. The molecule has 0 N–H and O–H groups in total. The molecule has 0 aliphatic carbocycles. The average molecular weight is 341 g/mol. The third-order valence-electron chi connectivity index (χ3n) is 0.876. The van der Waals surface area contributed by atoms with Gasteiger partial charge in [-0.2, -0.15) is 0 Å². The molecule has 0 heterocycles. The largest absolute Gasteiger partial charge is 0.296 e. The van der Waals surface area contributed by atoms with Crippen LogP contribution in [-0.2, 0) is 14.6 Å². The van der Waals surface area contributed by atoms with E-state index in [4.69, 9.17) is 0 Å². The molecule has 0 amide bonds. The van der Waals surface area contributed by atoms with Crippen LogP contribution in [0.1, 0.15) is 6.92 Å². The predicted molar refractivity (Wildman–Crippen MR) is 51.2 cm³/mol. The summed E-state index contributed by atoms with van der Waals surface area (Å²) in [5.74, 6) is -0.421. The molecule has 0 aliphatic rings. The molecule has 0 aliphatic heterocycles. The van der Waals surface area contributed by atoms with E-state index in [-0.39, 0.29) is 0 Å². The fourth-order valence-electron chi connectivity index (χ4n) is 0.261. The van der Waals surface area contributed by atoms with Gasteiger partial charge in [-0.15, -0.1) is 0 Å². The van der Waals surface area contributed by atoms with Gasteiger partial charge in [0.05, 0.1) is 0 Å². The van der Waals surface area contributed by atoms with Crippen molar-refractivity contribution in [1.82, 2.24) is 0 Å². The summed E-state index contributed by atoms with van der Waals surface area (Å²) in [5, 5.41) is 0. The Hall–Kier alpha value is 0.830. The first-order valence-corrected chi connectivity index (χ1v) is 6.04. The van der Waals surface area contributed by atoms with Crippen LogP contribution in [0.2, 0.25) is 0 Å². The Bertz CT molecular complexity index is 243. The van der Waals surface area contributed by atoms with Crippen molar-refractivity contribution in [3.63, 3.8) is 0 Å². The Morgan fingerprint density at radius 1 is 1.60 bits per heavy atom. The van der Waals surface area contributed by atoms with Crippen molar-refractivity contribution in [2.24, 2.45) is 0 Å². The van der Waals surface area contributed by atoms with Gasteiger partial charge in [0.1, 0.15) is 0 Å². The lowest BCUT2D eigenvalue weighted by Gasteiger charge is -2.13. The summed E-state index contributed by atoms with van der Waals surface area (Å²) in [6.45, 7) is 1.22. The zero-order valence-corrected chi connectivity index (χ0v) is 9.95. The van der Waals surface area contributed by atoms with E-state index in [1.54, 1.807) is 22.6 Å². The van der Waals surface area contributed by atoms with Gasteiger partial charge in [-0.3, -0.25) is 4.79 Å². The summed E-state index contributed by atoms with van der Waals surface area (Å²) in [5.41, 5.74) is 0. The zero-order valence-electron chi connectivity index (χ0n) is 5.39. The predicted octanol–water partition coefficient (Wildman–Crippen LogP) is 1.10. The highest BCUT2D eigenvalue weighted by molar-refractivity contribution is 14.1. The fraction of sp³-hybridized carbons (Fsp3) is 0.750. The highest BCUT2D eigenvalue weighted by Crippen LogP contribution is 2.33. The maximum absolute atomic E-state index is 10.8. The lowest BCUT2D eigenvalue weighted by atomic mass is 10.5. The zero-order chi connectivity index (χ0) is 8.58. The summed E-state index contributed by atoms with van der Waals surface area (Å²) < 4.78 is 20.2. The van der Waals surface area contributed by atoms with Gasteiger partial charge in [-0.05, 0) is 45.4 Å². The SMILES string of the molecule is CC(=O)C(Br)(I)S(C)(=O)=O. The molecular formula is C4H6BrIO3S. The highest BCUT2D eigenvalue weighted by atomic mass is 127. The first-order chi connectivity index (χ1) is 4.19. The van der Waals surface area contributed by atoms with E-state index in [0.717, 1.165) is 6.26 Å². The Morgan fingerprint density at radius 2 is 1.90 bits per heavy atom. The van der Waals surface area contributed by atoms with Crippen molar-refractivity contribution in [1.29, 1.82) is 0 Å². The standard InChI is InChI=1S/C4H6BrIO3S/c1-3(7)4(5,6)10(2,8)9/h1-2H3. The first kappa shape index (κ1) is 10.8. The smallest absolute Gasteiger partial charge is 0.234 e. The molecule has 0 aromatic rings. The molecule has 10 heavy (non-hydrogen) atoms. The first-order valence-electron chi connectivity index (χ1n) is 2.28. The number of rotatable bonds is 2. The molecule has 0 radical (unpaired) electrons. The van der Waals surface area contributed by atoms with Crippen molar-refractivity contribution < 1.29 is 13.2 Å². The van der Waals surface area contributed by atoms with Gasteiger partial charge in [-0.1, -0.05) is 0 Å². The molecule has 0 fully saturated rings. The lowest BCUT2D eigenvalue weighted by molar-refractivity contribution is -0.115. The number of hydrogen-bond donors (Lipinski definition) is 0. The number of carbonyl (C=O) groups is 1. The van der Waals surface area contributed by atoms with E-state index < -0.39 is 17.3 Å². The van der Waals surface area contributed by atoms with E-state index in [0.29, 0.717) is 0 Å². The topological polar surface area (TPSA) is 51.2 Å². The molecule has 0 saturated carbocycles. The van der Waals surface area contributed by atoms with Crippen LogP contribution in [0.25, 0.3) is 0 Å². The maximum atomic E-state index is 10.8. The molecule has 0 aromatic heterocycles. The van der Waals surface area contributed by atoms with Crippen molar-refractivity contribution in [3.8, 4) is 0 Å². The van der Waals surface area contributed by atoms with E-state index in [9.17, 15) is 13.2 Å². The van der Waals surface area contributed by atoms with E-state index in [1.165, 1.54) is 6.92 Å². The van der Waals surface area contributed by atoms with Crippen LogP contribution < -0.4 is 0 Å². The second kappa shape index (κ2) is 3.06. The van der Waals surface area contributed by atoms with Crippen molar-refractivity contribution in [2.75, 3.05) is 6.26 Å². The molecule has 0 saturated heterocycles. The highest BCUT2D eigenvalue weighted by Gasteiger charge is 2.39. The molecule has 0 aromatic carbocycles. The van der Waals surface area contributed by atoms with Gasteiger partial charge in [0, 0.05) is 6.26 Å². The summed E-state index contributed by atoms with van der Waals surface area (Å²) in [6, 6.07) is 0. The minimum atomic E-state index is -3.35. The fourth-order valence-corrected chi connectivity index (χ4v) is 0.783. The molecule has 6 heteroatoms. The van der Waals surface area contributed by atoms with Gasteiger partial charge in [0.25, 0.3) is 0 Å². The quantitative estimate of drug-likeness (QED) is 0.559. The second-order valence-electron chi connectivity index (χ2n) is 1.85. The Morgan fingerprint density at radius 3 is 1.90 bits per heavy atom. The van der Waals surface area contributed by atoms with Gasteiger partial charge in [0.15, 0.2) is 15.6 Å². The molecule has 0 bridgehead atoms. The minimum absolute atomic E-state index is 0.421. The average Bonchev–Trinajstić information content (AvgIpc) is 1.62. The number of ketones is 1. The van der Waals surface area contributed by atoms with Crippen LogP contribution in [0.3, 0.4) is 0 Å². The number of halogens is 2. The normalized spacial score (nSPS) is 18.0. The van der Waals surface area contributed by atoms with Crippen LogP contribution in [-0.4, -0.2) is 22.1 Å². The van der Waals surface area contributed by atoms with Crippen LogP contribution in [0, 0.1) is 0 Å². The molecule has 0 spiro atoms. The van der Waals surface area contributed by atoms with Crippen molar-refractivity contribution in [2.45, 2.75) is 8.59 Å². The second-order valence-corrected chi connectivity index (χ2v) is 9.55. The van der Waals surface area contributed by atoms with Crippen LogP contribution in [0.15, 0.2) is 0 Å². The Kier molecular flexibility index (Phi) is 3.31. The minimum Gasteiger partial charge on any atom is -0.296 e. The molecule has 1 unspecified atom stereocenters.